The zero-order valence-corrected chi connectivity index (χ0v) is 50.1. The minimum atomic E-state index is -1.91. The summed E-state index contributed by atoms with van der Waals surface area (Å²) in [7, 11) is 0. The molecule has 1 aliphatic rings. The molecule has 12 nitrogen and oxygen atoms in total. The van der Waals surface area contributed by atoms with Crippen LogP contribution in [0.4, 0.5) is 0 Å². The highest BCUT2D eigenvalue weighted by atomic mass is 16.7. The van der Waals surface area contributed by atoms with Gasteiger partial charge in [-0.1, -0.05) is 229 Å². The molecule has 1 fully saturated rings. The number of carbonyl (C=O) groups is 4. The first-order valence-electron chi connectivity index (χ1n) is 31.9. The van der Waals surface area contributed by atoms with Crippen molar-refractivity contribution < 1.29 is 58.2 Å². The standard InChI is InChI=1S/C67H114O12/c1-4-7-10-13-16-19-22-24-26-28-30-32-34-36-39-41-44-47-50-53-59(68)75-56-58(77-60(69)54-51-48-45-42-38-21-18-15-12-9-6-3)57-76-67-65(63(72)62(71)64(79-67)66(73)74)78-61(70)55-52-49-46-43-40-37-35-33-31-29-27-25-23-20-17-14-11-8-5-2/h7,10,15-16,18-19,24-27,30,32,58,62-65,67,71-72H,4-6,8-9,11-14,17,20-23,28-29,31,33-57H2,1-3H3,(H,73,74)/b10-7-,18-15-,19-16-,26-24-,27-25-,32-30-. The maximum absolute atomic E-state index is 13.1. The van der Waals surface area contributed by atoms with Crippen LogP contribution in [0.3, 0.4) is 0 Å². The zero-order valence-electron chi connectivity index (χ0n) is 50.1. The van der Waals surface area contributed by atoms with E-state index < -0.39 is 67.3 Å². The van der Waals surface area contributed by atoms with E-state index in [9.17, 15) is 34.5 Å². The first kappa shape index (κ1) is 73.2. The maximum Gasteiger partial charge on any atom is 0.335 e. The van der Waals surface area contributed by atoms with Gasteiger partial charge in [0.1, 0.15) is 18.8 Å². The molecule has 0 saturated carbocycles. The van der Waals surface area contributed by atoms with E-state index in [1.165, 1.54) is 83.5 Å². The van der Waals surface area contributed by atoms with Crippen molar-refractivity contribution in [1.82, 2.24) is 0 Å². The van der Waals surface area contributed by atoms with Crippen molar-refractivity contribution in [2.45, 2.75) is 314 Å². The SMILES string of the molecule is CC/C=C\C/C=C\C/C=C\C/C=C\CCCCCCCCC(=O)OCC(COC1OC(C(=O)O)C(O)C(O)C1OC(=O)CCCCCCCCCCC/C=C\CCCCCCCC)OC(=O)CCCCCCC/C=C\CCCC. The Labute approximate surface area is 480 Å². The molecule has 1 aliphatic heterocycles. The smallest absolute Gasteiger partial charge is 0.335 e. The first-order chi connectivity index (χ1) is 38.6. The van der Waals surface area contributed by atoms with Gasteiger partial charge in [-0.3, -0.25) is 14.4 Å². The van der Waals surface area contributed by atoms with Gasteiger partial charge in [0.05, 0.1) is 6.61 Å². The topological polar surface area (TPSA) is 175 Å². The molecule has 6 unspecified atom stereocenters. The number of unbranched alkanes of at least 4 members (excludes halogenated alkanes) is 28. The van der Waals surface area contributed by atoms with E-state index in [2.05, 4.69) is 93.7 Å². The van der Waals surface area contributed by atoms with E-state index >= 15 is 0 Å². The molecule has 0 aromatic heterocycles. The van der Waals surface area contributed by atoms with Crippen LogP contribution in [0.15, 0.2) is 72.9 Å². The van der Waals surface area contributed by atoms with Gasteiger partial charge < -0.3 is 39.0 Å². The molecule has 1 saturated heterocycles. The summed E-state index contributed by atoms with van der Waals surface area (Å²) in [4.78, 5) is 51.2. The van der Waals surface area contributed by atoms with E-state index in [-0.39, 0.29) is 25.9 Å². The molecule has 0 aliphatic carbocycles. The molecule has 0 amide bonds. The number of aliphatic carboxylic acids is 1. The Bertz CT molecular complexity index is 1650. The first-order valence-corrected chi connectivity index (χ1v) is 31.9. The lowest BCUT2D eigenvalue weighted by Gasteiger charge is -2.40. The van der Waals surface area contributed by atoms with Crippen LogP contribution in [-0.4, -0.2) is 89.2 Å². The quantitative estimate of drug-likeness (QED) is 0.0228. The summed E-state index contributed by atoms with van der Waals surface area (Å²) in [6.07, 6.45) is 57.2. The van der Waals surface area contributed by atoms with Gasteiger partial charge in [0.2, 0.25) is 0 Å². The molecule has 454 valence electrons. The van der Waals surface area contributed by atoms with Gasteiger partial charge in [0, 0.05) is 19.3 Å². The minimum absolute atomic E-state index is 0.0553. The third kappa shape index (κ3) is 44.5. The number of rotatable bonds is 54. The normalized spacial score (nSPS) is 18.3. The summed E-state index contributed by atoms with van der Waals surface area (Å²) in [5, 5.41) is 31.6. The van der Waals surface area contributed by atoms with Crippen LogP contribution in [0, 0.1) is 0 Å². The number of carboxylic acids is 1. The number of carboxylic acid groups (broad SMARTS) is 1. The van der Waals surface area contributed by atoms with Gasteiger partial charge in [0.25, 0.3) is 0 Å². The highest BCUT2D eigenvalue weighted by molar-refractivity contribution is 5.74. The molecule has 0 spiro atoms. The van der Waals surface area contributed by atoms with Gasteiger partial charge >= 0.3 is 23.9 Å². The van der Waals surface area contributed by atoms with E-state index in [0.29, 0.717) is 19.3 Å². The van der Waals surface area contributed by atoms with Gasteiger partial charge in [-0.15, -0.1) is 0 Å². The molecule has 12 heteroatoms. The number of hydrogen-bond donors (Lipinski definition) is 3. The third-order valence-corrected chi connectivity index (χ3v) is 14.2. The van der Waals surface area contributed by atoms with Crippen LogP contribution in [0.5, 0.6) is 0 Å². The predicted octanol–water partition coefficient (Wildman–Crippen LogP) is 16.9. The van der Waals surface area contributed by atoms with E-state index in [1.54, 1.807) is 0 Å². The van der Waals surface area contributed by atoms with Crippen LogP contribution < -0.4 is 0 Å². The van der Waals surface area contributed by atoms with E-state index in [1.807, 2.05) is 0 Å². The fourth-order valence-corrected chi connectivity index (χ4v) is 9.34. The van der Waals surface area contributed by atoms with Crippen molar-refractivity contribution >= 4 is 23.9 Å². The molecule has 0 radical (unpaired) electrons. The Morgan fingerprint density at radius 1 is 0.430 bits per heavy atom. The Kier molecular flexibility index (Phi) is 50.7. The predicted molar refractivity (Wildman–Crippen MR) is 322 cm³/mol. The maximum atomic E-state index is 13.1. The molecule has 1 rings (SSSR count). The van der Waals surface area contributed by atoms with Crippen LogP contribution in [0.1, 0.15) is 278 Å². The number of aliphatic hydroxyl groups excluding tert-OH is 2. The van der Waals surface area contributed by atoms with Crippen molar-refractivity contribution in [1.29, 1.82) is 0 Å². The average Bonchev–Trinajstić information content (AvgIpc) is 3.48. The van der Waals surface area contributed by atoms with Crippen molar-refractivity contribution in [3.8, 4) is 0 Å². The largest absolute Gasteiger partial charge is 0.479 e. The molecule has 0 aromatic carbocycles. The van der Waals surface area contributed by atoms with Crippen LogP contribution >= 0.6 is 0 Å². The van der Waals surface area contributed by atoms with Crippen LogP contribution in [0.25, 0.3) is 0 Å². The molecular formula is C67H114O12. The van der Waals surface area contributed by atoms with Crippen LogP contribution in [0.2, 0.25) is 0 Å². The molecule has 0 aromatic rings. The Hall–Kier alpha value is -3.84. The highest BCUT2D eigenvalue weighted by Gasteiger charge is 2.50. The van der Waals surface area contributed by atoms with Crippen LogP contribution in [-0.2, 0) is 42.9 Å². The summed E-state index contributed by atoms with van der Waals surface area (Å²) in [5.74, 6) is -3.14. The molecule has 0 bridgehead atoms. The number of hydrogen-bond acceptors (Lipinski definition) is 11. The molecule has 6 atom stereocenters. The summed E-state index contributed by atoms with van der Waals surface area (Å²) in [6.45, 7) is 5.84. The number of carbonyl (C=O) groups excluding carboxylic acids is 3. The molecular weight excluding hydrogens is 997 g/mol. The number of aliphatic hydroxyl groups is 2. The zero-order chi connectivity index (χ0) is 57.5. The summed E-state index contributed by atoms with van der Waals surface area (Å²) in [5.41, 5.74) is 0. The van der Waals surface area contributed by atoms with Gasteiger partial charge in [-0.25, -0.2) is 4.79 Å². The molecule has 3 N–H and O–H groups in total. The summed E-state index contributed by atoms with van der Waals surface area (Å²) < 4.78 is 28.5. The average molecular weight is 1110 g/mol. The summed E-state index contributed by atoms with van der Waals surface area (Å²) in [6, 6.07) is 0. The van der Waals surface area contributed by atoms with Crippen molar-refractivity contribution in [2.24, 2.45) is 0 Å². The Morgan fingerprint density at radius 3 is 1.27 bits per heavy atom. The molecule has 1 heterocycles. The van der Waals surface area contributed by atoms with Crippen molar-refractivity contribution in [3.05, 3.63) is 72.9 Å². The molecule has 79 heavy (non-hydrogen) atoms. The second-order valence-corrected chi connectivity index (χ2v) is 21.7. The second kappa shape index (κ2) is 54.7. The number of ether oxygens (including phenoxy) is 5. The lowest BCUT2D eigenvalue weighted by molar-refractivity contribution is -0.301. The van der Waals surface area contributed by atoms with Crippen molar-refractivity contribution in [2.75, 3.05) is 13.2 Å². The fraction of sp³-hybridized carbons (Fsp3) is 0.761. The number of allylic oxidation sites excluding steroid dienone is 12. The summed E-state index contributed by atoms with van der Waals surface area (Å²) >= 11 is 0. The monoisotopic (exact) mass is 1110 g/mol. The van der Waals surface area contributed by atoms with Crippen molar-refractivity contribution in [3.63, 3.8) is 0 Å². The number of esters is 3. The lowest BCUT2D eigenvalue weighted by atomic mass is 9.98. The second-order valence-electron chi connectivity index (χ2n) is 21.7. The Balaban J connectivity index is 2.63. The van der Waals surface area contributed by atoms with Gasteiger partial charge in [-0.05, 0) is 103 Å². The van der Waals surface area contributed by atoms with Gasteiger partial charge in [0.15, 0.2) is 24.6 Å². The minimum Gasteiger partial charge on any atom is -0.479 e. The van der Waals surface area contributed by atoms with E-state index in [4.69, 9.17) is 23.7 Å². The lowest BCUT2D eigenvalue weighted by Crippen LogP contribution is -2.61. The third-order valence-electron chi connectivity index (χ3n) is 14.2. The van der Waals surface area contributed by atoms with Gasteiger partial charge in [-0.2, -0.15) is 0 Å². The highest BCUT2D eigenvalue weighted by Crippen LogP contribution is 2.27. The van der Waals surface area contributed by atoms with E-state index in [0.717, 1.165) is 135 Å². The fourth-order valence-electron chi connectivity index (χ4n) is 9.34. The Morgan fingerprint density at radius 2 is 0.810 bits per heavy atom.